The number of hydrogen-bond donors (Lipinski definition) is 1. The smallest absolute Gasteiger partial charge is 0.273 e. The molecule has 1 fully saturated rings. The summed E-state index contributed by atoms with van der Waals surface area (Å²) in [6, 6.07) is 11.8. The van der Waals surface area contributed by atoms with Crippen LogP contribution < -0.4 is 9.62 Å². The zero-order chi connectivity index (χ0) is 21.9. The third-order valence-electron chi connectivity index (χ3n) is 6.08. The van der Waals surface area contributed by atoms with Crippen molar-refractivity contribution in [2.75, 3.05) is 4.31 Å². The Morgan fingerprint density at radius 2 is 1.65 bits per heavy atom. The first-order valence-corrected chi connectivity index (χ1v) is 12.6. The highest BCUT2D eigenvalue weighted by atomic mass is 32.2. The topological polar surface area (TPSA) is 74.7 Å². The summed E-state index contributed by atoms with van der Waals surface area (Å²) < 4.78 is 28.5. The summed E-state index contributed by atoms with van der Waals surface area (Å²) in [6.45, 7) is 1.93. The maximum atomic E-state index is 13.6. The molecule has 1 unspecified atom stereocenters. The van der Waals surface area contributed by atoms with Crippen LogP contribution >= 0.6 is 0 Å². The van der Waals surface area contributed by atoms with Gasteiger partial charge in [-0.3, -0.25) is 0 Å². The number of amidine groups is 1. The maximum absolute atomic E-state index is 13.6. The van der Waals surface area contributed by atoms with Crippen molar-refractivity contribution in [3.8, 4) is 0 Å². The Morgan fingerprint density at radius 1 is 1.00 bits per heavy atom. The largest absolute Gasteiger partial charge is 0.310 e. The molecular weight excluding hydrogens is 407 g/mol. The molecule has 0 spiro atoms. The fraction of sp³-hybridized carbons (Fsp3) is 0.478. The Balaban J connectivity index is 1.72. The molecule has 1 atom stereocenters. The van der Waals surface area contributed by atoms with Gasteiger partial charge in [0.05, 0.1) is 19.6 Å². The van der Waals surface area contributed by atoms with Crippen molar-refractivity contribution < 1.29 is 8.42 Å². The van der Waals surface area contributed by atoms with Gasteiger partial charge in [-0.1, -0.05) is 56.7 Å². The molecule has 1 aromatic heterocycles. The molecule has 162 valence electrons. The number of hydrogen-bond acceptors (Lipinski definition) is 5. The van der Waals surface area contributed by atoms with Crippen LogP contribution in [0.15, 0.2) is 58.5 Å². The second-order valence-corrected chi connectivity index (χ2v) is 10.3. The number of sulfonamides is 1. The number of fused-ring (bicyclic) bond motifs is 1. The molecule has 1 aromatic carbocycles. The van der Waals surface area contributed by atoms with Gasteiger partial charge < -0.3 is 5.32 Å². The van der Waals surface area contributed by atoms with Crippen molar-refractivity contribution >= 4 is 35.2 Å². The molecule has 31 heavy (non-hydrogen) atoms. The molecule has 2 heterocycles. The number of para-hydroxylation sites is 1. The molecule has 1 saturated carbocycles. The van der Waals surface area contributed by atoms with Crippen molar-refractivity contribution in [3.63, 3.8) is 0 Å². The van der Waals surface area contributed by atoms with Crippen LogP contribution in [-0.2, 0) is 10.0 Å². The standard InChI is InChI=1S/C23H29BN4O2S/c1-18(27-23(24)15-9-4-2-3-5-10-16-23)22-26-21-20(14-11-17-25-21)31(29,30)28(22)19-12-7-6-8-13-19/h6-8,11-14,17-18,27H,2-5,9-10,15-16H2,1H3. The van der Waals surface area contributed by atoms with Crippen molar-refractivity contribution in [3.05, 3.63) is 48.7 Å². The average molecular weight is 436 g/mol. The van der Waals surface area contributed by atoms with E-state index in [4.69, 9.17) is 12.8 Å². The number of nitrogens with zero attached hydrogens (tertiary/aromatic N) is 3. The minimum Gasteiger partial charge on any atom is -0.310 e. The van der Waals surface area contributed by atoms with E-state index in [2.05, 4.69) is 10.3 Å². The predicted octanol–water partition coefficient (Wildman–Crippen LogP) is 4.30. The average Bonchev–Trinajstić information content (AvgIpc) is 2.86. The van der Waals surface area contributed by atoms with Crippen LogP contribution in [0.2, 0.25) is 0 Å². The van der Waals surface area contributed by atoms with Gasteiger partial charge in [0.1, 0.15) is 10.7 Å². The van der Waals surface area contributed by atoms with Gasteiger partial charge in [-0.25, -0.2) is 22.7 Å². The van der Waals surface area contributed by atoms with Gasteiger partial charge in [-0.05, 0) is 49.5 Å². The van der Waals surface area contributed by atoms with E-state index in [1.54, 1.807) is 30.5 Å². The molecule has 2 radical (unpaired) electrons. The fourth-order valence-electron chi connectivity index (χ4n) is 4.50. The number of aliphatic imine (C=N–C) groups is 1. The lowest BCUT2D eigenvalue weighted by molar-refractivity contribution is 0.372. The molecule has 1 aliphatic carbocycles. The Labute approximate surface area is 186 Å². The zero-order valence-corrected chi connectivity index (χ0v) is 18.8. The van der Waals surface area contributed by atoms with Crippen LogP contribution in [-0.4, -0.2) is 38.6 Å². The third kappa shape index (κ3) is 4.70. The fourth-order valence-corrected chi connectivity index (χ4v) is 6.12. The SMILES string of the molecule is [B]C1(NC(C)C2=Nc3ncccc3S(=O)(=O)N2c2ccccc2)CCCCCCCC1. The monoisotopic (exact) mass is 436 g/mol. The van der Waals surface area contributed by atoms with E-state index in [0.717, 1.165) is 25.7 Å². The first-order chi connectivity index (χ1) is 14.9. The highest BCUT2D eigenvalue weighted by Crippen LogP contribution is 2.35. The van der Waals surface area contributed by atoms with Crippen LogP contribution in [0.4, 0.5) is 11.5 Å². The highest BCUT2D eigenvalue weighted by molar-refractivity contribution is 7.93. The number of anilines is 1. The first kappa shape index (κ1) is 22.0. The Morgan fingerprint density at radius 3 is 2.32 bits per heavy atom. The van der Waals surface area contributed by atoms with Gasteiger partial charge in [0.15, 0.2) is 5.82 Å². The molecule has 1 N–H and O–H groups in total. The second kappa shape index (κ2) is 9.13. The Bertz CT molecular complexity index is 1030. The van der Waals surface area contributed by atoms with Gasteiger partial charge in [0.25, 0.3) is 10.0 Å². The van der Waals surface area contributed by atoms with Crippen molar-refractivity contribution in [2.24, 2.45) is 4.99 Å². The molecule has 2 aliphatic rings. The van der Waals surface area contributed by atoms with Crippen molar-refractivity contribution in [2.45, 2.75) is 74.7 Å². The minimum atomic E-state index is -3.85. The van der Waals surface area contributed by atoms with E-state index in [-0.39, 0.29) is 16.8 Å². The van der Waals surface area contributed by atoms with E-state index in [9.17, 15) is 8.42 Å². The van der Waals surface area contributed by atoms with Crippen molar-refractivity contribution in [1.29, 1.82) is 0 Å². The molecule has 6 nitrogen and oxygen atoms in total. The number of nitrogens with one attached hydrogen (secondary N) is 1. The van der Waals surface area contributed by atoms with Crippen molar-refractivity contribution in [1.82, 2.24) is 10.3 Å². The lowest BCUT2D eigenvalue weighted by atomic mass is 9.70. The van der Waals surface area contributed by atoms with Crippen LogP contribution in [0, 0.1) is 0 Å². The molecule has 0 bridgehead atoms. The second-order valence-electron chi connectivity index (χ2n) is 8.54. The van der Waals surface area contributed by atoms with E-state index >= 15 is 0 Å². The summed E-state index contributed by atoms with van der Waals surface area (Å²) in [7, 11) is 2.95. The summed E-state index contributed by atoms with van der Waals surface area (Å²) >= 11 is 0. The van der Waals surface area contributed by atoms with Crippen LogP contribution in [0.1, 0.15) is 58.3 Å². The normalized spacial score (nSPS) is 21.7. The van der Waals surface area contributed by atoms with Gasteiger partial charge in [0.2, 0.25) is 0 Å². The van der Waals surface area contributed by atoms with E-state index in [1.807, 2.05) is 25.1 Å². The molecule has 0 saturated heterocycles. The van der Waals surface area contributed by atoms with Gasteiger partial charge >= 0.3 is 0 Å². The number of aromatic nitrogens is 1. The first-order valence-electron chi connectivity index (χ1n) is 11.1. The van der Waals surface area contributed by atoms with E-state index in [1.165, 1.54) is 30.0 Å². The summed E-state index contributed by atoms with van der Waals surface area (Å²) in [6.07, 6.45) is 10.3. The Kier molecular flexibility index (Phi) is 6.48. The maximum Gasteiger partial charge on any atom is 0.273 e. The molecule has 1 aliphatic heterocycles. The van der Waals surface area contributed by atoms with Gasteiger partial charge in [-0.2, -0.15) is 0 Å². The van der Waals surface area contributed by atoms with E-state index < -0.39 is 15.5 Å². The minimum absolute atomic E-state index is 0.111. The summed E-state index contributed by atoms with van der Waals surface area (Å²) in [5.41, 5.74) is -0.00655. The quantitative estimate of drug-likeness (QED) is 0.726. The number of pyridine rings is 1. The lowest BCUT2D eigenvalue weighted by Crippen LogP contribution is -2.57. The van der Waals surface area contributed by atoms with Crippen LogP contribution in [0.25, 0.3) is 0 Å². The van der Waals surface area contributed by atoms with Gasteiger partial charge in [-0.15, -0.1) is 0 Å². The molecular formula is C23H29BN4O2S. The van der Waals surface area contributed by atoms with Crippen LogP contribution in [0.5, 0.6) is 0 Å². The number of benzene rings is 1. The van der Waals surface area contributed by atoms with E-state index in [0.29, 0.717) is 11.5 Å². The predicted molar refractivity (Wildman–Crippen MR) is 125 cm³/mol. The Hall–Kier alpha value is -2.19. The van der Waals surface area contributed by atoms with Gasteiger partial charge in [0, 0.05) is 6.20 Å². The van der Waals surface area contributed by atoms with Crippen LogP contribution in [0.3, 0.4) is 0 Å². The summed E-state index contributed by atoms with van der Waals surface area (Å²) in [4.78, 5) is 9.03. The summed E-state index contributed by atoms with van der Waals surface area (Å²) in [5.74, 6) is 0.612. The number of rotatable bonds is 4. The molecule has 0 amide bonds. The highest BCUT2D eigenvalue weighted by Gasteiger charge is 2.39. The summed E-state index contributed by atoms with van der Waals surface area (Å²) in [5, 5.41) is 3.54. The molecule has 4 rings (SSSR count). The third-order valence-corrected chi connectivity index (χ3v) is 7.83. The molecule has 8 heteroatoms. The zero-order valence-electron chi connectivity index (χ0n) is 18.0. The molecule has 2 aromatic rings. The lowest BCUT2D eigenvalue weighted by Gasteiger charge is -2.38.